The molecule has 0 radical (unpaired) electrons. The molecule has 2 unspecified atom stereocenters. The van der Waals surface area contributed by atoms with Crippen molar-refractivity contribution >= 4 is 11.3 Å². The topological polar surface area (TPSA) is 24.9 Å². The van der Waals surface area contributed by atoms with Crippen LogP contribution in [0.25, 0.3) is 0 Å². The van der Waals surface area contributed by atoms with Crippen molar-refractivity contribution in [2.75, 3.05) is 6.54 Å². The third-order valence-electron chi connectivity index (χ3n) is 3.45. The van der Waals surface area contributed by atoms with E-state index in [0.717, 1.165) is 24.9 Å². The SMILES string of the molecule is CC1=CC(C)CC(CNCc2scnc2C)C1. The average molecular weight is 250 g/mol. The minimum atomic E-state index is 0.751. The number of rotatable bonds is 4. The second kappa shape index (κ2) is 5.78. The lowest BCUT2D eigenvalue weighted by Crippen LogP contribution is -2.25. The lowest BCUT2D eigenvalue weighted by atomic mass is 9.84. The van der Waals surface area contributed by atoms with Crippen LogP contribution in [0.2, 0.25) is 0 Å². The molecule has 0 amide bonds. The van der Waals surface area contributed by atoms with Crippen LogP contribution in [-0.4, -0.2) is 11.5 Å². The summed E-state index contributed by atoms with van der Waals surface area (Å²) in [7, 11) is 0. The molecule has 0 saturated heterocycles. The highest BCUT2D eigenvalue weighted by Gasteiger charge is 2.17. The molecule has 2 atom stereocenters. The zero-order valence-electron chi connectivity index (χ0n) is 11.0. The largest absolute Gasteiger partial charge is 0.311 e. The van der Waals surface area contributed by atoms with Gasteiger partial charge in [-0.1, -0.05) is 18.6 Å². The fraction of sp³-hybridized carbons (Fsp3) is 0.643. The lowest BCUT2D eigenvalue weighted by Gasteiger charge is -2.25. The summed E-state index contributed by atoms with van der Waals surface area (Å²) in [5.74, 6) is 1.56. The third kappa shape index (κ3) is 3.65. The number of aromatic nitrogens is 1. The van der Waals surface area contributed by atoms with Crippen molar-refractivity contribution in [2.24, 2.45) is 11.8 Å². The Morgan fingerprint density at radius 1 is 1.47 bits per heavy atom. The van der Waals surface area contributed by atoms with Gasteiger partial charge in [0.15, 0.2) is 0 Å². The summed E-state index contributed by atoms with van der Waals surface area (Å²) in [6.07, 6.45) is 5.01. The molecule has 1 aromatic rings. The van der Waals surface area contributed by atoms with Gasteiger partial charge in [-0.25, -0.2) is 4.98 Å². The van der Waals surface area contributed by atoms with Gasteiger partial charge in [-0.15, -0.1) is 11.3 Å². The zero-order valence-corrected chi connectivity index (χ0v) is 11.8. The second-order valence-corrected chi connectivity index (χ2v) is 6.23. The Hall–Kier alpha value is -0.670. The van der Waals surface area contributed by atoms with Crippen LogP contribution < -0.4 is 5.32 Å². The van der Waals surface area contributed by atoms with Crippen molar-refractivity contribution < 1.29 is 0 Å². The molecule has 1 aromatic heterocycles. The fourth-order valence-corrected chi connectivity index (χ4v) is 3.47. The van der Waals surface area contributed by atoms with Crippen LogP contribution in [0.15, 0.2) is 17.2 Å². The Balaban J connectivity index is 1.76. The summed E-state index contributed by atoms with van der Waals surface area (Å²) in [4.78, 5) is 5.65. The van der Waals surface area contributed by atoms with Gasteiger partial charge in [0, 0.05) is 11.4 Å². The van der Waals surface area contributed by atoms with E-state index in [1.807, 2.05) is 5.51 Å². The summed E-state index contributed by atoms with van der Waals surface area (Å²) < 4.78 is 0. The number of allylic oxidation sites excluding steroid dienone is 2. The van der Waals surface area contributed by atoms with Gasteiger partial charge in [-0.3, -0.25) is 0 Å². The molecule has 0 saturated carbocycles. The molecule has 0 fully saturated rings. The van der Waals surface area contributed by atoms with Crippen LogP contribution in [-0.2, 0) is 6.54 Å². The molecular weight excluding hydrogens is 228 g/mol. The van der Waals surface area contributed by atoms with Crippen molar-refractivity contribution in [1.29, 1.82) is 0 Å². The van der Waals surface area contributed by atoms with Gasteiger partial charge in [-0.05, 0) is 45.1 Å². The molecule has 0 aromatic carbocycles. The standard InChI is InChI=1S/C14H22N2S/c1-10-4-11(2)6-13(5-10)7-15-8-14-12(3)16-9-17-14/h4,9-10,13,15H,5-8H2,1-3H3. The number of thiazole rings is 1. The van der Waals surface area contributed by atoms with E-state index in [0.29, 0.717) is 0 Å². The van der Waals surface area contributed by atoms with Crippen LogP contribution >= 0.6 is 11.3 Å². The predicted molar refractivity (Wildman–Crippen MR) is 74.2 cm³/mol. The summed E-state index contributed by atoms with van der Waals surface area (Å²) >= 11 is 1.75. The molecule has 17 heavy (non-hydrogen) atoms. The minimum absolute atomic E-state index is 0.751. The maximum atomic E-state index is 4.28. The third-order valence-corrected chi connectivity index (χ3v) is 4.38. The van der Waals surface area contributed by atoms with Crippen molar-refractivity contribution in [3.05, 3.63) is 27.7 Å². The Morgan fingerprint density at radius 2 is 2.29 bits per heavy atom. The van der Waals surface area contributed by atoms with Crippen molar-refractivity contribution in [2.45, 2.75) is 40.2 Å². The molecule has 94 valence electrons. The zero-order chi connectivity index (χ0) is 12.3. The maximum absolute atomic E-state index is 4.28. The monoisotopic (exact) mass is 250 g/mol. The highest BCUT2D eigenvalue weighted by molar-refractivity contribution is 7.09. The Morgan fingerprint density at radius 3 is 2.94 bits per heavy atom. The van der Waals surface area contributed by atoms with Crippen molar-refractivity contribution in [1.82, 2.24) is 10.3 Å². The molecule has 0 aliphatic heterocycles. The average Bonchev–Trinajstić information content (AvgIpc) is 2.63. The van der Waals surface area contributed by atoms with E-state index in [-0.39, 0.29) is 0 Å². The van der Waals surface area contributed by atoms with Gasteiger partial charge >= 0.3 is 0 Å². The Labute approximate surface area is 108 Å². The highest BCUT2D eigenvalue weighted by Crippen LogP contribution is 2.27. The quantitative estimate of drug-likeness (QED) is 0.827. The van der Waals surface area contributed by atoms with Crippen LogP contribution in [0.3, 0.4) is 0 Å². The van der Waals surface area contributed by atoms with Crippen LogP contribution in [0.5, 0.6) is 0 Å². The van der Waals surface area contributed by atoms with Crippen molar-refractivity contribution in [3.8, 4) is 0 Å². The van der Waals surface area contributed by atoms with Gasteiger partial charge < -0.3 is 5.32 Å². The number of nitrogens with one attached hydrogen (secondary N) is 1. The first-order valence-electron chi connectivity index (χ1n) is 6.42. The van der Waals surface area contributed by atoms with E-state index in [4.69, 9.17) is 0 Å². The summed E-state index contributed by atoms with van der Waals surface area (Å²) in [5, 5.41) is 3.58. The normalized spacial score (nSPS) is 24.8. The van der Waals surface area contributed by atoms with E-state index >= 15 is 0 Å². The summed E-state index contributed by atoms with van der Waals surface area (Å²) in [5.41, 5.74) is 4.67. The van der Waals surface area contributed by atoms with Crippen LogP contribution in [0.1, 0.15) is 37.3 Å². The molecule has 1 N–H and O–H groups in total. The first kappa shape index (κ1) is 12.8. The number of aryl methyl sites for hydroxylation is 1. The molecule has 1 aliphatic carbocycles. The minimum Gasteiger partial charge on any atom is -0.311 e. The molecule has 2 nitrogen and oxygen atoms in total. The maximum Gasteiger partial charge on any atom is 0.0798 e. The lowest BCUT2D eigenvalue weighted by molar-refractivity contribution is 0.381. The van der Waals surface area contributed by atoms with Gasteiger partial charge in [0.2, 0.25) is 0 Å². The van der Waals surface area contributed by atoms with Gasteiger partial charge in [-0.2, -0.15) is 0 Å². The van der Waals surface area contributed by atoms with E-state index in [9.17, 15) is 0 Å². The highest BCUT2D eigenvalue weighted by atomic mass is 32.1. The number of hydrogen-bond acceptors (Lipinski definition) is 3. The van der Waals surface area contributed by atoms with Crippen molar-refractivity contribution in [3.63, 3.8) is 0 Å². The summed E-state index contributed by atoms with van der Waals surface area (Å²) in [6, 6.07) is 0. The van der Waals surface area contributed by atoms with Crippen LogP contribution in [0, 0.1) is 18.8 Å². The Kier molecular flexibility index (Phi) is 4.35. The van der Waals surface area contributed by atoms with E-state index < -0.39 is 0 Å². The molecule has 3 heteroatoms. The van der Waals surface area contributed by atoms with Gasteiger partial charge in [0.25, 0.3) is 0 Å². The fourth-order valence-electron chi connectivity index (χ4n) is 2.73. The van der Waals surface area contributed by atoms with Gasteiger partial charge in [0.05, 0.1) is 11.2 Å². The molecule has 0 bridgehead atoms. The first-order chi connectivity index (χ1) is 8.15. The smallest absolute Gasteiger partial charge is 0.0798 e. The predicted octanol–water partition coefficient (Wildman–Crippen LogP) is 3.53. The Bertz CT molecular complexity index is 395. The first-order valence-corrected chi connectivity index (χ1v) is 7.30. The molecule has 1 aliphatic rings. The number of nitrogens with zero attached hydrogens (tertiary/aromatic N) is 1. The molecule has 2 rings (SSSR count). The van der Waals surface area contributed by atoms with Crippen LogP contribution in [0.4, 0.5) is 0 Å². The molecule has 0 spiro atoms. The van der Waals surface area contributed by atoms with E-state index in [1.54, 1.807) is 16.9 Å². The van der Waals surface area contributed by atoms with E-state index in [1.165, 1.54) is 23.4 Å². The second-order valence-electron chi connectivity index (χ2n) is 5.29. The van der Waals surface area contributed by atoms with Gasteiger partial charge in [0.1, 0.15) is 0 Å². The summed E-state index contributed by atoms with van der Waals surface area (Å²) in [6.45, 7) is 8.78. The molecular formula is C14H22N2S. The van der Waals surface area contributed by atoms with E-state index in [2.05, 4.69) is 37.1 Å². The number of hydrogen-bond donors (Lipinski definition) is 1. The molecule has 1 heterocycles.